The molecule has 1 rings (SSSR count). The Kier molecular flexibility index (Phi) is 3.85. The van der Waals surface area contributed by atoms with Gasteiger partial charge in [-0.25, -0.2) is 4.79 Å². The number of nitrogens with two attached hydrogens (primary N) is 1. The molecule has 0 bridgehead atoms. The Morgan fingerprint density at radius 3 is 2.21 bits per heavy atom. The molecule has 3 N–H and O–H groups in total. The Morgan fingerprint density at radius 2 is 1.79 bits per heavy atom. The third kappa shape index (κ3) is 2.39. The van der Waals surface area contributed by atoms with Crippen molar-refractivity contribution in [2.75, 3.05) is 7.11 Å². The van der Waals surface area contributed by atoms with Crippen LogP contribution in [0.25, 0.3) is 0 Å². The van der Waals surface area contributed by atoms with Crippen LogP contribution in [0, 0.1) is 0 Å². The van der Waals surface area contributed by atoms with Gasteiger partial charge < -0.3 is 15.6 Å². The molecule has 1 unspecified atom stereocenters. The molecule has 8 heteroatoms. The van der Waals surface area contributed by atoms with Gasteiger partial charge in [0, 0.05) is 0 Å². The number of hydrogen-bond acceptors (Lipinski definition) is 4. The number of ether oxygens (including phenoxy) is 1. The van der Waals surface area contributed by atoms with Crippen LogP contribution in [0.4, 0.5) is 13.2 Å². The number of carbonyl (C=O) groups is 2. The molecule has 5 nitrogen and oxygen atoms in total. The maximum absolute atomic E-state index is 12.8. The molecular weight excluding hydrogens is 267 g/mol. The first kappa shape index (κ1) is 15.0. The normalized spacial score (nSPS) is 14.6. The van der Waals surface area contributed by atoms with Crippen LogP contribution in [-0.4, -0.2) is 35.7 Å². The molecule has 0 saturated heterocycles. The molecule has 0 aliphatic heterocycles. The first-order valence-electron chi connectivity index (χ1n) is 4.93. The highest BCUT2D eigenvalue weighted by Gasteiger charge is 2.64. The van der Waals surface area contributed by atoms with Gasteiger partial charge in [0.2, 0.25) is 5.78 Å². The van der Waals surface area contributed by atoms with Gasteiger partial charge in [-0.3, -0.25) is 4.79 Å². The van der Waals surface area contributed by atoms with Crippen LogP contribution >= 0.6 is 0 Å². The van der Waals surface area contributed by atoms with Crippen LogP contribution in [-0.2, 0) is 4.79 Å². The Morgan fingerprint density at radius 1 is 1.26 bits per heavy atom. The molecule has 0 aliphatic rings. The summed E-state index contributed by atoms with van der Waals surface area (Å²) in [5, 5.41) is 8.66. The van der Waals surface area contributed by atoms with E-state index in [9.17, 15) is 22.8 Å². The fourth-order valence-electron chi connectivity index (χ4n) is 1.39. The van der Waals surface area contributed by atoms with E-state index in [1.54, 1.807) is 0 Å². The molecule has 0 amide bonds. The summed E-state index contributed by atoms with van der Waals surface area (Å²) in [7, 11) is 1.14. The fraction of sp³-hybridized carbons (Fsp3) is 0.273. The maximum Gasteiger partial charge on any atom is 0.424 e. The number of benzene rings is 1. The molecule has 0 fully saturated rings. The van der Waals surface area contributed by atoms with E-state index < -0.39 is 29.0 Å². The van der Waals surface area contributed by atoms with Crippen LogP contribution in [0.15, 0.2) is 24.3 Å². The third-order valence-electron chi connectivity index (χ3n) is 2.49. The highest BCUT2D eigenvalue weighted by molar-refractivity contribution is 6.17. The maximum atomic E-state index is 12.8. The van der Waals surface area contributed by atoms with Gasteiger partial charge in [0.1, 0.15) is 5.75 Å². The van der Waals surface area contributed by atoms with E-state index in [0.717, 1.165) is 13.2 Å². The molecule has 0 aromatic heterocycles. The lowest BCUT2D eigenvalue weighted by molar-refractivity contribution is -0.190. The third-order valence-corrected chi connectivity index (χ3v) is 2.49. The first-order valence-corrected chi connectivity index (χ1v) is 4.93. The van der Waals surface area contributed by atoms with Crippen LogP contribution in [0.1, 0.15) is 10.4 Å². The monoisotopic (exact) mass is 277 g/mol. The number of carboxylic acid groups (broad SMARTS) is 1. The van der Waals surface area contributed by atoms with E-state index in [1.165, 1.54) is 18.2 Å². The molecule has 0 heterocycles. The van der Waals surface area contributed by atoms with Gasteiger partial charge in [0.25, 0.3) is 5.54 Å². The summed E-state index contributed by atoms with van der Waals surface area (Å²) in [6.07, 6.45) is -5.43. The number of Topliss-reactive ketones (excluding diaryl/α,β-unsaturated/α-hetero) is 1. The zero-order valence-corrected chi connectivity index (χ0v) is 9.69. The molecule has 0 radical (unpaired) electrons. The lowest BCUT2D eigenvalue weighted by Crippen LogP contribution is -2.65. The smallest absolute Gasteiger partial charge is 0.424 e. The molecule has 1 aromatic rings. The van der Waals surface area contributed by atoms with Crippen molar-refractivity contribution in [1.82, 2.24) is 0 Å². The minimum Gasteiger partial charge on any atom is -0.496 e. The lowest BCUT2D eigenvalue weighted by atomic mass is 9.89. The molecule has 19 heavy (non-hydrogen) atoms. The van der Waals surface area contributed by atoms with E-state index in [0.29, 0.717) is 0 Å². The highest BCUT2D eigenvalue weighted by atomic mass is 19.4. The zero-order valence-electron chi connectivity index (χ0n) is 9.69. The standard InChI is InChI=1S/C11H10F3NO4/c1-19-7-5-3-2-4-6(7)8(16)10(15,9(17)18)11(12,13)14/h2-5H,15H2,1H3,(H,17,18). The Bertz CT molecular complexity index is 515. The van der Waals surface area contributed by atoms with Crippen molar-refractivity contribution >= 4 is 11.8 Å². The number of para-hydroxylation sites is 1. The largest absolute Gasteiger partial charge is 0.496 e. The Labute approximate surface area is 105 Å². The number of halogens is 3. The van der Waals surface area contributed by atoms with Crippen molar-refractivity contribution in [2.45, 2.75) is 11.7 Å². The van der Waals surface area contributed by atoms with Gasteiger partial charge in [0.15, 0.2) is 0 Å². The summed E-state index contributed by atoms with van der Waals surface area (Å²) < 4.78 is 43.0. The average molecular weight is 277 g/mol. The van der Waals surface area contributed by atoms with Crippen molar-refractivity contribution < 1.29 is 32.6 Å². The van der Waals surface area contributed by atoms with Gasteiger partial charge in [-0.1, -0.05) is 12.1 Å². The predicted octanol–water partition coefficient (Wildman–Crippen LogP) is 1.22. The summed E-state index contributed by atoms with van der Waals surface area (Å²) >= 11 is 0. The highest BCUT2D eigenvalue weighted by Crippen LogP contribution is 2.33. The second kappa shape index (κ2) is 4.88. The van der Waals surface area contributed by atoms with Crippen molar-refractivity contribution in [2.24, 2.45) is 5.73 Å². The summed E-state index contributed by atoms with van der Waals surface area (Å²) in [4.78, 5) is 22.6. The molecule has 1 aromatic carbocycles. The van der Waals surface area contributed by atoms with E-state index in [1.807, 2.05) is 0 Å². The van der Waals surface area contributed by atoms with E-state index >= 15 is 0 Å². The summed E-state index contributed by atoms with van der Waals surface area (Å²) in [5.41, 5.74) is 0.226. The average Bonchev–Trinajstić information content (AvgIpc) is 2.35. The fourth-order valence-corrected chi connectivity index (χ4v) is 1.39. The van der Waals surface area contributed by atoms with Gasteiger partial charge >= 0.3 is 12.1 Å². The SMILES string of the molecule is COc1ccccc1C(=O)C(N)(C(=O)O)C(F)(F)F. The summed E-state index contributed by atoms with van der Waals surface area (Å²) in [6.45, 7) is 0. The molecule has 0 saturated carbocycles. The van der Waals surface area contributed by atoms with Crippen molar-refractivity contribution in [3.8, 4) is 5.75 Å². The summed E-state index contributed by atoms with van der Waals surface area (Å²) in [6, 6.07) is 4.93. The summed E-state index contributed by atoms with van der Waals surface area (Å²) in [5.74, 6) is -4.45. The Hall–Kier alpha value is -2.09. The van der Waals surface area contributed by atoms with Crippen molar-refractivity contribution in [1.29, 1.82) is 0 Å². The minimum absolute atomic E-state index is 0.187. The van der Waals surface area contributed by atoms with E-state index in [4.69, 9.17) is 15.6 Å². The minimum atomic E-state index is -5.43. The number of carboxylic acids is 1. The molecular formula is C11H10F3NO4. The van der Waals surface area contributed by atoms with E-state index in [-0.39, 0.29) is 5.75 Å². The second-order valence-electron chi connectivity index (χ2n) is 3.64. The van der Waals surface area contributed by atoms with Crippen LogP contribution in [0.3, 0.4) is 0 Å². The molecule has 104 valence electrons. The number of methoxy groups -OCH3 is 1. The van der Waals surface area contributed by atoms with Gasteiger partial charge in [0.05, 0.1) is 12.7 Å². The topological polar surface area (TPSA) is 89.6 Å². The van der Waals surface area contributed by atoms with Crippen LogP contribution in [0.2, 0.25) is 0 Å². The number of alkyl halides is 3. The van der Waals surface area contributed by atoms with Crippen LogP contribution < -0.4 is 10.5 Å². The lowest BCUT2D eigenvalue weighted by Gasteiger charge is -2.26. The quantitative estimate of drug-likeness (QED) is 0.638. The predicted molar refractivity (Wildman–Crippen MR) is 57.9 cm³/mol. The van der Waals surface area contributed by atoms with Gasteiger partial charge in [-0.05, 0) is 12.1 Å². The second-order valence-corrected chi connectivity index (χ2v) is 3.64. The first-order chi connectivity index (χ1) is 8.66. The molecule has 0 spiro atoms. The number of hydrogen-bond donors (Lipinski definition) is 2. The Balaban J connectivity index is 3.41. The number of rotatable bonds is 4. The molecule has 1 atom stereocenters. The number of carbonyl (C=O) groups excluding carboxylic acids is 1. The van der Waals surface area contributed by atoms with Gasteiger partial charge in [-0.15, -0.1) is 0 Å². The number of ketones is 1. The van der Waals surface area contributed by atoms with Crippen molar-refractivity contribution in [3.05, 3.63) is 29.8 Å². The van der Waals surface area contributed by atoms with Gasteiger partial charge in [-0.2, -0.15) is 13.2 Å². The van der Waals surface area contributed by atoms with E-state index in [2.05, 4.69) is 0 Å². The zero-order chi connectivity index (χ0) is 14.8. The molecule has 0 aliphatic carbocycles. The number of aliphatic carboxylic acids is 1. The van der Waals surface area contributed by atoms with Crippen LogP contribution in [0.5, 0.6) is 5.75 Å². The van der Waals surface area contributed by atoms with Crippen molar-refractivity contribution in [3.63, 3.8) is 0 Å².